The summed E-state index contributed by atoms with van der Waals surface area (Å²) in [5, 5.41) is 0.737. The summed E-state index contributed by atoms with van der Waals surface area (Å²) in [6.07, 6.45) is 0. The van der Waals surface area contributed by atoms with Gasteiger partial charge in [-0.05, 0) is 38.6 Å². The van der Waals surface area contributed by atoms with E-state index in [0.717, 1.165) is 17.1 Å². The number of likely N-dealkylation sites (N-methyl/N-ethyl adjacent to an activating group) is 1. The van der Waals surface area contributed by atoms with Crippen LogP contribution in [0, 0.1) is 0 Å². The molecular weight excluding hydrogens is 278 g/mol. The van der Waals surface area contributed by atoms with Crippen LogP contribution in [0.5, 0.6) is 0 Å². The summed E-state index contributed by atoms with van der Waals surface area (Å²) in [6.45, 7) is 5.49. The van der Waals surface area contributed by atoms with Crippen molar-refractivity contribution in [1.29, 1.82) is 0 Å². The van der Waals surface area contributed by atoms with Gasteiger partial charge >= 0.3 is 5.97 Å². The van der Waals surface area contributed by atoms with E-state index in [1.807, 2.05) is 31.3 Å². The van der Waals surface area contributed by atoms with Gasteiger partial charge in [0.2, 0.25) is 0 Å². The maximum atomic E-state index is 11.1. The first-order valence-corrected chi connectivity index (χ1v) is 7.11. The molecule has 1 rings (SSSR count). The normalized spacial score (nSPS) is 12.4. The molecule has 1 aromatic rings. The van der Waals surface area contributed by atoms with E-state index in [2.05, 4.69) is 11.8 Å². The molecule has 5 heteroatoms. The van der Waals surface area contributed by atoms with Gasteiger partial charge in [-0.25, -0.2) is 4.79 Å². The molecule has 0 aliphatic rings. The molecule has 0 saturated carbocycles. The summed E-state index contributed by atoms with van der Waals surface area (Å²) >= 11 is 5.99. The van der Waals surface area contributed by atoms with Gasteiger partial charge in [0, 0.05) is 17.6 Å². The molecule has 20 heavy (non-hydrogen) atoms. The van der Waals surface area contributed by atoms with E-state index < -0.39 is 0 Å². The van der Waals surface area contributed by atoms with E-state index in [1.54, 1.807) is 6.92 Å². The average molecular weight is 300 g/mol. The minimum Gasteiger partial charge on any atom is -0.464 e. The van der Waals surface area contributed by atoms with Gasteiger partial charge in [0.25, 0.3) is 0 Å². The summed E-state index contributed by atoms with van der Waals surface area (Å²) < 4.78 is 10.1. The van der Waals surface area contributed by atoms with Crippen LogP contribution in [-0.4, -0.2) is 44.3 Å². The zero-order chi connectivity index (χ0) is 15.0. The summed E-state index contributed by atoms with van der Waals surface area (Å²) in [4.78, 5) is 13.3. The molecule has 112 valence electrons. The maximum Gasteiger partial charge on any atom is 0.332 e. The monoisotopic (exact) mass is 299 g/mol. The molecule has 0 radical (unpaired) electrons. The Hall–Kier alpha value is -1.10. The van der Waals surface area contributed by atoms with Crippen molar-refractivity contribution in [2.45, 2.75) is 19.9 Å². The Morgan fingerprint density at radius 1 is 1.45 bits per heavy atom. The van der Waals surface area contributed by atoms with Crippen molar-refractivity contribution in [2.24, 2.45) is 0 Å². The van der Waals surface area contributed by atoms with Crippen molar-refractivity contribution in [1.82, 2.24) is 4.90 Å². The Balaban J connectivity index is 2.32. The fourth-order valence-electron chi connectivity index (χ4n) is 1.78. The minimum absolute atomic E-state index is 0.00717. The van der Waals surface area contributed by atoms with E-state index in [0.29, 0.717) is 13.2 Å². The van der Waals surface area contributed by atoms with Crippen molar-refractivity contribution in [3.05, 3.63) is 34.9 Å². The summed E-state index contributed by atoms with van der Waals surface area (Å²) in [5.74, 6) is -0.321. The lowest BCUT2D eigenvalue weighted by Crippen LogP contribution is -2.27. The first-order chi connectivity index (χ1) is 9.54. The molecule has 1 atom stereocenters. The number of benzene rings is 1. The molecule has 0 N–H and O–H groups in total. The van der Waals surface area contributed by atoms with Gasteiger partial charge < -0.3 is 9.47 Å². The lowest BCUT2D eigenvalue weighted by Gasteiger charge is -2.25. The zero-order valence-electron chi connectivity index (χ0n) is 12.3. The Morgan fingerprint density at radius 3 is 2.85 bits per heavy atom. The maximum absolute atomic E-state index is 11.1. The quantitative estimate of drug-likeness (QED) is 0.546. The topological polar surface area (TPSA) is 38.8 Å². The van der Waals surface area contributed by atoms with E-state index >= 15 is 0 Å². The zero-order valence-corrected chi connectivity index (χ0v) is 13.0. The summed E-state index contributed by atoms with van der Waals surface area (Å²) in [6, 6.07) is 8.05. The molecular formula is C15H22ClNO3. The van der Waals surface area contributed by atoms with E-state index in [9.17, 15) is 4.79 Å². The Labute approximate surface area is 125 Å². The second-order valence-electron chi connectivity index (χ2n) is 4.57. The van der Waals surface area contributed by atoms with Crippen LogP contribution in [0.2, 0.25) is 5.02 Å². The first kappa shape index (κ1) is 17.0. The third kappa shape index (κ3) is 5.90. The van der Waals surface area contributed by atoms with Gasteiger partial charge in [-0.15, -0.1) is 0 Å². The summed E-state index contributed by atoms with van der Waals surface area (Å²) in [7, 11) is 2.01. The highest BCUT2D eigenvalue weighted by molar-refractivity contribution is 6.30. The molecule has 0 aromatic heterocycles. The number of nitrogens with zero attached hydrogens (tertiary/aromatic N) is 1. The van der Waals surface area contributed by atoms with Crippen LogP contribution in [-0.2, 0) is 14.3 Å². The number of halogens is 1. The van der Waals surface area contributed by atoms with E-state index in [-0.39, 0.29) is 18.6 Å². The van der Waals surface area contributed by atoms with Crippen LogP contribution in [0.4, 0.5) is 0 Å². The van der Waals surface area contributed by atoms with Crippen LogP contribution in [0.1, 0.15) is 25.5 Å². The van der Waals surface area contributed by atoms with Gasteiger partial charge in [0.1, 0.15) is 6.61 Å². The Kier molecular flexibility index (Phi) is 7.59. The van der Waals surface area contributed by atoms with E-state index in [4.69, 9.17) is 21.1 Å². The van der Waals surface area contributed by atoms with Gasteiger partial charge in [-0.1, -0.05) is 23.7 Å². The molecule has 0 aliphatic heterocycles. The van der Waals surface area contributed by atoms with Gasteiger partial charge in [0.05, 0.1) is 13.2 Å². The van der Waals surface area contributed by atoms with Crippen LogP contribution < -0.4 is 0 Å². The van der Waals surface area contributed by atoms with Gasteiger partial charge in [-0.2, -0.15) is 0 Å². The lowest BCUT2D eigenvalue weighted by molar-refractivity contribution is -0.148. The molecule has 1 aromatic carbocycles. The Morgan fingerprint density at radius 2 is 2.20 bits per heavy atom. The first-order valence-electron chi connectivity index (χ1n) is 6.73. The fraction of sp³-hybridized carbons (Fsp3) is 0.533. The second kappa shape index (κ2) is 8.95. The predicted octanol–water partition coefficient (Wildman–Crippen LogP) is 2.91. The minimum atomic E-state index is -0.321. The highest BCUT2D eigenvalue weighted by Crippen LogP contribution is 2.21. The van der Waals surface area contributed by atoms with E-state index in [1.165, 1.54) is 0 Å². The number of ether oxygens (including phenoxy) is 2. The van der Waals surface area contributed by atoms with Gasteiger partial charge in [-0.3, -0.25) is 4.90 Å². The Bertz CT molecular complexity index is 425. The molecule has 0 bridgehead atoms. The van der Waals surface area contributed by atoms with Crippen molar-refractivity contribution in [3.8, 4) is 0 Å². The average Bonchev–Trinajstić information content (AvgIpc) is 2.43. The highest BCUT2D eigenvalue weighted by Gasteiger charge is 2.12. The van der Waals surface area contributed by atoms with Crippen molar-refractivity contribution >= 4 is 17.6 Å². The molecule has 4 nitrogen and oxygen atoms in total. The van der Waals surface area contributed by atoms with Crippen molar-refractivity contribution in [2.75, 3.05) is 33.4 Å². The predicted molar refractivity (Wildman–Crippen MR) is 79.9 cm³/mol. The number of carbonyl (C=O) groups excluding carboxylic acids is 1. The van der Waals surface area contributed by atoms with Crippen LogP contribution in [0.25, 0.3) is 0 Å². The van der Waals surface area contributed by atoms with Crippen LogP contribution in [0.3, 0.4) is 0 Å². The number of hydrogen-bond acceptors (Lipinski definition) is 4. The molecule has 0 amide bonds. The largest absolute Gasteiger partial charge is 0.464 e. The molecule has 0 saturated heterocycles. The molecule has 0 spiro atoms. The lowest BCUT2D eigenvalue weighted by atomic mass is 10.1. The standard InChI is InChI=1S/C15H22ClNO3/c1-4-20-15(18)11-19-9-8-17(3)12(2)13-6-5-7-14(16)10-13/h5-7,10,12H,4,8-9,11H2,1-3H3. The SMILES string of the molecule is CCOC(=O)COCCN(C)C(C)c1cccc(Cl)c1. The third-order valence-electron chi connectivity index (χ3n) is 3.11. The van der Waals surface area contributed by atoms with Crippen LogP contribution in [0.15, 0.2) is 24.3 Å². The number of rotatable bonds is 8. The smallest absolute Gasteiger partial charge is 0.332 e. The molecule has 1 unspecified atom stereocenters. The molecule has 0 aliphatic carbocycles. The number of hydrogen-bond donors (Lipinski definition) is 0. The summed E-state index contributed by atoms with van der Waals surface area (Å²) in [5.41, 5.74) is 1.16. The van der Waals surface area contributed by atoms with Crippen LogP contribution >= 0.6 is 11.6 Å². The fourth-order valence-corrected chi connectivity index (χ4v) is 1.98. The van der Waals surface area contributed by atoms with Gasteiger partial charge in [0.15, 0.2) is 0 Å². The number of esters is 1. The molecule has 0 fully saturated rings. The third-order valence-corrected chi connectivity index (χ3v) is 3.34. The van der Waals surface area contributed by atoms with Crippen molar-refractivity contribution < 1.29 is 14.3 Å². The molecule has 0 heterocycles. The highest BCUT2D eigenvalue weighted by atomic mass is 35.5. The van der Waals surface area contributed by atoms with Crippen molar-refractivity contribution in [3.63, 3.8) is 0 Å². The second-order valence-corrected chi connectivity index (χ2v) is 5.01. The number of carbonyl (C=O) groups is 1.